The summed E-state index contributed by atoms with van der Waals surface area (Å²) >= 11 is 6.37. The lowest BCUT2D eigenvalue weighted by Crippen LogP contribution is -2.29. The monoisotopic (exact) mass is 552 g/mol. The van der Waals surface area contributed by atoms with Gasteiger partial charge in [-0.25, -0.2) is 4.98 Å². The van der Waals surface area contributed by atoms with Gasteiger partial charge in [-0.2, -0.15) is 4.98 Å². The van der Waals surface area contributed by atoms with E-state index in [9.17, 15) is 9.59 Å². The lowest BCUT2D eigenvalue weighted by atomic mass is 10.1. The van der Waals surface area contributed by atoms with E-state index in [1.54, 1.807) is 44.5 Å². The van der Waals surface area contributed by atoms with Crippen molar-refractivity contribution >= 4 is 57.9 Å². The highest BCUT2D eigenvalue weighted by Gasteiger charge is 2.18. The summed E-state index contributed by atoms with van der Waals surface area (Å²) in [6.07, 6.45) is 2.65. The van der Waals surface area contributed by atoms with Crippen molar-refractivity contribution in [3.63, 3.8) is 0 Å². The van der Waals surface area contributed by atoms with E-state index in [4.69, 9.17) is 16.3 Å². The Hall–Kier alpha value is -4.35. The number of methoxy groups -OCH3 is 1. The number of aromatic nitrogens is 2. The van der Waals surface area contributed by atoms with E-state index in [1.807, 2.05) is 32.1 Å². The second-order valence-corrected chi connectivity index (χ2v) is 9.16. The number of nitrogens with zero attached hydrogens (tertiary/aromatic N) is 4. The minimum atomic E-state index is -0.350. The summed E-state index contributed by atoms with van der Waals surface area (Å²) in [5.74, 6) is 0.418. The molecule has 39 heavy (non-hydrogen) atoms. The maximum atomic E-state index is 12.3. The van der Waals surface area contributed by atoms with E-state index < -0.39 is 0 Å². The van der Waals surface area contributed by atoms with E-state index in [-0.39, 0.29) is 22.8 Å². The summed E-state index contributed by atoms with van der Waals surface area (Å²) in [4.78, 5) is 37.4. The molecule has 0 saturated heterocycles. The van der Waals surface area contributed by atoms with E-state index in [0.717, 1.165) is 12.2 Å². The fraction of sp³-hybridized carbons (Fsp3) is 0.259. The number of ether oxygens (including phenoxy) is 1. The van der Waals surface area contributed by atoms with Crippen molar-refractivity contribution in [3.05, 3.63) is 65.8 Å². The maximum absolute atomic E-state index is 12.3. The van der Waals surface area contributed by atoms with E-state index in [2.05, 4.69) is 42.7 Å². The van der Waals surface area contributed by atoms with Crippen LogP contribution in [-0.2, 0) is 4.79 Å². The number of amides is 2. The number of para-hydroxylation sites is 1. The van der Waals surface area contributed by atoms with E-state index >= 15 is 0 Å². The largest absolute Gasteiger partial charge is 0.494 e. The molecule has 206 valence electrons. The van der Waals surface area contributed by atoms with Gasteiger partial charge in [0.05, 0.1) is 41.6 Å². The number of halogens is 1. The van der Waals surface area contributed by atoms with Crippen molar-refractivity contribution in [1.82, 2.24) is 20.2 Å². The van der Waals surface area contributed by atoms with Crippen LogP contribution < -0.4 is 30.9 Å². The normalized spacial score (nSPS) is 10.5. The van der Waals surface area contributed by atoms with Crippen LogP contribution >= 0.6 is 11.6 Å². The average molecular weight is 553 g/mol. The van der Waals surface area contributed by atoms with Crippen LogP contribution in [0.5, 0.6) is 5.75 Å². The average Bonchev–Trinajstić information content (AvgIpc) is 2.93. The molecule has 3 aromatic rings. The summed E-state index contributed by atoms with van der Waals surface area (Å²) in [5.41, 5.74) is 2.79. The highest BCUT2D eigenvalue weighted by molar-refractivity contribution is 6.33. The van der Waals surface area contributed by atoms with Crippen LogP contribution in [-0.4, -0.2) is 75.1 Å². The molecule has 0 fully saturated rings. The zero-order valence-electron chi connectivity index (χ0n) is 22.6. The molecule has 11 nitrogen and oxygen atoms in total. The van der Waals surface area contributed by atoms with Crippen LogP contribution in [0.4, 0.5) is 34.5 Å². The van der Waals surface area contributed by atoms with Crippen molar-refractivity contribution in [2.24, 2.45) is 0 Å². The number of hydrogen-bond donors (Lipinski definition) is 4. The van der Waals surface area contributed by atoms with E-state index in [1.165, 1.54) is 12.3 Å². The molecule has 0 atom stereocenters. The van der Waals surface area contributed by atoms with E-state index in [0.29, 0.717) is 40.7 Å². The number of anilines is 6. The highest BCUT2D eigenvalue weighted by Crippen LogP contribution is 2.38. The van der Waals surface area contributed by atoms with Crippen molar-refractivity contribution in [3.8, 4) is 5.75 Å². The molecule has 0 aliphatic rings. The quantitative estimate of drug-likeness (QED) is 0.246. The molecule has 2 amide bonds. The third kappa shape index (κ3) is 7.59. The van der Waals surface area contributed by atoms with Crippen LogP contribution in [0.15, 0.2) is 55.3 Å². The Labute approximate surface area is 233 Å². The Morgan fingerprint density at radius 3 is 2.49 bits per heavy atom. The molecule has 0 aliphatic carbocycles. The van der Waals surface area contributed by atoms with Gasteiger partial charge in [0.25, 0.3) is 5.91 Å². The van der Waals surface area contributed by atoms with Gasteiger partial charge < -0.3 is 35.8 Å². The Balaban J connectivity index is 1.97. The van der Waals surface area contributed by atoms with Crippen LogP contribution in [0.1, 0.15) is 10.4 Å². The minimum absolute atomic E-state index is 0.215. The predicted molar refractivity (Wildman–Crippen MR) is 157 cm³/mol. The van der Waals surface area contributed by atoms with Gasteiger partial charge in [-0.15, -0.1) is 0 Å². The third-order valence-electron chi connectivity index (χ3n) is 5.70. The van der Waals surface area contributed by atoms with Gasteiger partial charge in [-0.1, -0.05) is 30.3 Å². The van der Waals surface area contributed by atoms with Crippen molar-refractivity contribution in [2.75, 3.05) is 69.2 Å². The predicted octanol–water partition coefficient (Wildman–Crippen LogP) is 4.11. The Bertz CT molecular complexity index is 1350. The fourth-order valence-electron chi connectivity index (χ4n) is 3.59. The van der Waals surface area contributed by atoms with Crippen LogP contribution in [0, 0.1) is 0 Å². The molecule has 0 radical (unpaired) electrons. The Kier molecular flexibility index (Phi) is 10.1. The van der Waals surface area contributed by atoms with Gasteiger partial charge in [0.2, 0.25) is 11.9 Å². The molecular weight excluding hydrogens is 520 g/mol. The standard InChI is InChI=1S/C27H33ClN8O3/c1-7-24(37)31-20-14-21(23(39-6)15-22(20)36(5)13-12-35(3)4)33-27-30-16-18(28)25(34-27)32-19-11-9-8-10-17(19)26(38)29-2/h7-11,14-16H,1,12-13H2,2-6H3,(H,29,38)(H,31,37)(H2,30,32,33,34). The Morgan fingerprint density at radius 2 is 1.82 bits per heavy atom. The lowest BCUT2D eigenvalue weighted by molar-refractivity contribution is -0.111. The van der Waals surface area contributed by atoms with Gasteiger partial charge >= 0.3 is 0 Å². The summed E-state index contributed by atoms with van der Waals surface area (Å²) < 4.78 is 5.65. The fourth-order valence-corrected chi connectivity index (χ4v) is 3.73. The van der Waals surface area contributed by atoms with Crippen LogP contribution in [0.3, 0.4) is 0 Å². The molecule has 12 heteroatoms. The smallest absolute Gasteiger partial charge is 0.253 e. The van der Waals surface area contributed by atoms with Crippen molar-refractivity contribution < 1.29 is 14.3 Å². The molecule has 3 rings (SSSR count). The summed E-state index contributed by atoms with van der Waals surface area (Å²) in [6, 6.07) is 10.6. The zero-order chi connectivity index (χ0) is 28.5. The van der Waals surface area contributed by atoms with Gasteiger partial charge in [-0.05, 0) is 38.4 Å². The zero-order valence-corrected chi connectivity index (χ0v) is 23.4. The van der Waals surface area contributed by atoms with Gasteiger partial charge in [0.1, 0.15) is 10.8 Å². The maximum Gasteiger partial charge on any atom is 0.253 e. The molecule has 1 heterocycles. The van der Waals surface area contributed by atoms with Crippen LogP contribution in [0.25, 0.3) is 0 Å². The SMILES string of the molecule is C=CC(=O)Nc1cc(Nc2ncc(Cl)c(Nc3ccccc3C(=O)NC)n2)c(OC)cc1N(C)CCN(C)C. The second kappa shape index (κ2) is 13.4. The highest BCUT2D eigenvalue weighted by atomic mass is 35.5. The molecule has 0 unspecified atom stereocenters. The number of hydrogen-bond acceptors (Lipinski definition) is 9. The Morgan fingerprint density at radius 1 is 1.08 bits per heavy atom. The van der Waals surface area contributed by atoms with Crippen LogP contribution in [0.2, 0.25) is 5.02 Å². The number of rotatable bonds is 12. The lowest BCUT2D eigenvalue weighted by Gasteiger charge is -2.26. The molecule has 0 aliphatic heterocycles. The molecule has 2 aromatic carbocycles. The summed E-state index contributed by atoms with van der Waals surface area (Å²) in [7, 11) is 9.04. The number of carbonyl (C=O) groups is 2. The molecule has 0 bridgehead atoms. The topological polar surface area (TPSA) is 124 Å². The van der Waals surface area contributed by atoms with Gasteiger partial charge in [0, 0.05) is 33.3 Å². The summed E-state index contributed by atoms with van der Waals surface area (Å²) in [6.45, 7) is 5.08. The first-order valence-electron chi connectivity index (χ1n) is 12.1. The molecular formula is C27H33ClN8O3. The third-order valence-corrected chi connectivity index (χ3v) is 5.97. The first-order valence-corrected chi connectivity index (χ1v) is 12.4. The number of likely N-dealkylation sites (N-methyl/N-ethyl adjacent to an activating group) is 2. The molecule has 1 aromatic heterocycles. The molecule has 4 N–H and O–H groups in total. The first kappa shape index (κ1) is 29.2. The first-order chi connectivity index (χ1) is 18.7. The second-order valence-electron chi connectivity index (χ2n) is 8.75. The number of carbonyl (C=O) groups excluding carboxylic acids is 2. The van der Waals surface area contributed by atoms with Gasteiger partial charge in [-0.3, -0.25) is 9.59 Å². The molecule has 0 saturated carbocycles. The van der Waals surface area contributed by atoms with Crippen molar-refractivity contribution in [2.45, 2.75) is 0 Å². The minimum Gasteiger partial charge on any atom is -0.494 e. The molecule has 0 spiro atoms. The summed E-state index contributed by atoms with van der Waals surface area (Å²) in [5, 5.41) is 12.0. The van der Waals surface area contributed by atoms with Crippen molar-refractivity contribution in [1.29, 1.82) is 0 Å². The van der Waals surface area contributed by atoms with Gasteiger partial charge in [0.15, 0.2) is 5.82 Å². The number of nitrogens with one attached hydrogen (secondary N) is 4. The number of benzene rings is 2.